The van der Waals surface area contributed by atoms with Crippen LogP contribution in [0.25, 0.3) is 0 Å². The molecule has 3 aromatic rings. The highest BCUT2D eigenvalue weighted by Crippen LogP contribution is 2.44. The molecular formula is C21H17ClN4O4. The van der Waals surface area contributed by atoms with Crippen LogP contribution in [0.4, 0.5) is 0 Å². The third-order valence-electron chi connectivity index (χ3n) is 5.95. The van der Waals surface area contributed by atoms with Crippen molar-refractivity contribution in [3.8, 4) is 0 Å². The first kappa shape index (κ1) is 18.6. The van der Waals surface area contributed by atoms with E-state index >= 15 is 0 Å². The highest BCUT2D eigenvalue weighted by atomic mass is 35.5. The van der Waals surface area contributed by atoms with Gasteiger partial charge in [-0.15, -0.1) is 0 Å². The molecule has 0 radical (unpaired) electrons. The number of aryl methyl sites for hydroxylation is 1. The van der Waals surface area contributed by atoms with Gasteiger partial charge < -0.3 is 18.9 Å². The van der Waals surface area contributed by atoms with Gasteiger partial charge in [0.25, 0.3) is 11.8 Å². The van der Waals surface area contributed by atoms with Crippen LogP contribution in [0.15, 0.2) is 47.2 Å². The summed E-state index contributed by atoms with van der Waals surface area (Å²) >= 11 is 6.10. The smallest absolute Gasteiger partial charge is 0.272 e. The number of halogens is 1. The number of amides is 2. The first-order chi connectivity index (χ1) is 14.5. The van der Waals surface area contributed by atoms with Crippen molar-refractivity contribution >= 4 is 29.7 Å². The van der Waals surface area contributed by atoms with Crippen LogP contribution in [-0.4, -0.2) is 50.7 Å². The second-order valence-corrected chi connectivity index (χ2v) is 7.83. The fraction of sp³-hybridized carbons (Fsp3) is 0.238. The molecule has 1 unspecified atom stereocenters. The molecular weight excluding hydrogens is 408 g/mol. The lowest BCUT2D eigenvalue weighted by Crippen LogP contribution is -2.60. The van der Waals surface area contributed by atoms with Gasteiger partial charge in [-0.1, -0.05) is 28.9 Å². The molecule has 5 rings (SSSR count). The fourth-order valence-corrected chi connectivity index (χ4v) is 4.62. The summed E-state index contributed by atoms with van der Waals surface area (Å²) in [6, 6.07) is 10.3. The van der Waals surface area contributed by atoms with E-state index < -0.39 is 5.66 Å². The topological polar surface area (TPSA) is 88.7 Å². The zero-order valence-corrected chi connectivity index (χ0v) is 16.8. The molecule has 1 aromatic carbocycles. The minimum Gasteiger partial charge on any atom is -0.364 e. The van der Waals surface area contributed by atoms with Crippen molar-refractivity contribution in [3.63, 3.8) is 0 Å². The second kappa shape index (κ2) is 6.56. The van der Waals surface area contributed by atoms with Crippen molar-refractivity contribution < 1.29 is 18.9 Å². The van der Waals surface area contributed by atoms with E-state index in [1.54, 1.807) is 45.6 Å². The largest absolute Gasteiger partial charge is 0.364 e. The molecule has 8 nitrogen and oxygen atoms in total. The average Bonchev–Trinajstić information content (AvgIpc) is 3.45. The normalized spacial score (nSPS) is 20.3. The minimum atomic E-state index is -1.10. The van der Waals surface area contributed by atoms with E-state index in [0.717, 1.165) is 5.56 Å². The van der Waals surface area contributed by atoms with Crippen molar-refractivity contribution in [2.45, 2.75) is 19.1 Å². The Kier molecular flexibility index (Phi) is 4.08. The van der Waals surface area contributed by atoms with E-state index in [-0.39, 0.29) is 18.4 Å². The Morgan fingerprint density at radius 1 is 1.20 bits per heavy atom. The summed E-state index contributed by atoms with van der Waals surface area (Å²) in [6.07, 6.45) is 2.03. The van der Waals surface area contributed by atoms with E-state index in [4.69, 9.17) is 16.1 Å². The first-order valence-electron chi connectivity index (χ1n) is 9.43. The Morgan fingerprint density at radius 3 is 2.63 bits per heavy atom. The van der Waals surface area contributed by atoms with Gasteiger partial charge in [0, 0.05) is 23.7 Å². The predicted molar refractivity (Wildman–Crippen MR) is 106 cm³/mol. The number of hydrogen-bond acceptors (Lipinski definition) is 5. The van der Waals surface area contributed by atoms with E-state index in [0.29, 0.717) is 47.0 Å². The maximum atomic E-state index is 13.5. The summed E-state index contributed by atoms with van der Waals surface area (Å²) in [6.45, 7) is 2.62. The molecule has 0 saturated carbocycles. The molecule has 2 amide bonds. The second-order valence-electron chi connectivity index (χ2n) is 7.40. The lowest BCUT2D eigenvalue weighted by atomic mass is 9.93. The molecule has 2 aromatic heterocycles. The first-order valence-corrected chi connectivity index (χ1v) is 9.81. The van der Waals surface area contributed by atoms with Crippen LogP contribution in [-0.2, 0) is 12.2 Å². The summed E-state index contributed by atoms with van der Waals surface area (Å²) in [5.74, 6) is -0.524. The van der Waals surface area contributed by atoms with E-state index in [9.17, 15) is 14.4 Å². The molecule has 0 spiro atoms. The van der Waals surface area contributed by atoms with Gasteiger partial charge in [0.1, 0.15) is 17.5 Å². The van der Waals surface area contributed by atoms with Gasteiger partial charge in [-0.2, -0.15) is 0 Å². The van der Waals surface area contributed by atoms with Crippen molar-refractivity contribution in [2.24, 2.45) is 0 Å². The zero-order chi connectivity index (χ0) is 21.0. The van der Waals surface area contributed by atoms with Crippen molar-refractivity contribution in [1.29, 1.82) is 0 Å². The third kappa shape index (κ3) is 2.40. The predicted octanol–water partition coefficient (Wildman–Crippen LogP) is 2.72. The molecule has 2 aliphatic rings. The SMILES string of the molecule is Cc1nocc1C(=O)N1CCN2C(=O)c3ccc(C=O)n3CC12c1ccc(Cl)cc1. The Balaban J connectivity index is 1.73. The highest BCUT2D eigenvalue weighted by Gasteiger charge is 2.56. The number of carbonyl (C=O) groups is 3. The Bertz CT molecular complexity index is 1180. The molecule has 0 N–H and O–H groups in total. The zero-order valence-electron chi connectivity index (χ0n) is 16.0. The number of benzene rings is 1. The van der Waals surface area contributed by atoms with Gasteiger partial charge in [-0.05, 0) is 31.2 Å². The van der Waals surface area contributed by atoms with Crippen LogP contribution in [0.5, 0.6) is 0 Å². The molecule has 152 valence electrons. The van der Waals surface area contributed by atoms with Crippen LogP contribution < -0.4 is 0 Å². The van der Waals surface area contributed by atoms with Crippen LogP contribution >= 0.6 is 11.6 Å². The standard InChI is InChI=1S/C21H17ClN4O4/c1-13-17(11-30-23-13)19(28)25-8-9-26-20(29)18-7-6-16(10-27)24(18)12-21(25,26)14-2-4-15(22)5-3-14/h2-7,10-11H,8-9,12H2,1H3. The molecule has 0 aliphatic carbocycles. The van der Waals surface area contributed by atoms with Gasteiger partial charge in [0.15, 0.2) is 11.9 Å². The molecule has 1 fully saturated rings. The number of aldehydes is 1. The highest BCUT2D eigenvalue weighted by molar-refractivity contribution is 6.30. The quantitative estimate of drug-likeness (QED) is 0.603. The summed E-state index contributed by atoms with van der Waals surface area (Å²) in [5, 5.41) is 4.36. The molecule has 4 heterocycles. The molecule has 1 saturated heterocycles. The van der Waals surface area contributed by atoms with E-state index in [1.807, 2.05) is 12.1 Å². The van der Waals surface area contributed by atoms with Crippen molar-refractivity contribution in [2.75, 3.05) is 13.1 Å². The number of rotatable bonds is 3. The maximum absolute atomic E-state index is 13.5. The number of nitrogens with zero attached hydrogens (tertiary/aromatic N) is 4. The van der Waals surface area contributed by atoms with Gasteiger partial charge in [0.05, 0.1) is 17.9 Å². The number of carbonyl (C=O) groups excluding carboxylic acids is 3. The molecule has 9 heteroatoms. The third-order valence-corrected chi connectivity index (χ3v) is 6.20. The summed E-state index contributed by atoms with van der Waals surface area (Å²) in [7, 11) is 0. The molecule has 30 heavy (non-hydrogen) atoms. The van der Waals surface area contributed by atoms with Crippen LogP contribution in [0.3, 0.4) is 0 Å². The molecule has 0 bridgehead atoms. The Hall–Kier alpha value is -3.39. The molecule has 2 aliphatic heterocycles. The van der Waals surface area contributed by atoms with Gasteiger partial charge in [-0.25, -0.2) is 0 Å². The lowest BCUT2D eigenvalue weighted by molar-refractivity contribution is -0.00618. The number of hydrogen-bond donors (Lipinski definition) is 0. The van der Waals surface area contributed by atoms with Gasteiger partial charge in [-0.3, -0.25) is 14.4 Å². The summed E-state index contributed by atoms with van der Waals surface area (Å²) < 4.78 is 6.64. The maximum Gasteiger partial charge on any atom is 0.272 e. The summed E-state index contributed by atoms with van der Waals surface area (Å²) in [5.41, 5.74) is 1.25. The van der Waals surface area contributed by atoms with Crippen LogP contribution in [0, 0.1) is 6.92 Å². The lowest BCUT2D eigenvalue weighted by Gasteiger charge is -2.47. The monoisotopic (exact) mass is 424 g/mol. The number of fused-ring (bicyclic) bond motifs is 2. The van der Waals surface area contributed by atoms with E-state index in [2.05, 4.69) is 5.16 Å². The van der Waals surface area contributed by atoms with Gasteiger partial charge in [0.2, 0.25) is 0 Å². The van der Waals surface area contributed by atoms with Crippen LogP contribution in [0.2, 0.25) is 5.02 Å². The average molecular weight is 425 g/mol. The Labute approximate surface area is 176 Å². The minimum absolute atomic E-state index is 0.229. The summed E-state index contributed by atoms with van der Waals surface area (Å²) in [4.78, 5) is 41.9. The number of aromatic nitrogens is 2. The Morgan fingerprint density at radius 2 is 1.97 bits per heavy atom. The van der Waals surface area contributed by atoms with Crippen molar-refractivity contribution in [1.82, 2.24) is 19.5 Å². The van der Waals surface area contributed by atoms with Crippen LogP contribution in [0.1, 0.15) is 42.6 Å². The van der Waals surface area contributed by atoms with Gasteiger partial charge >= 0.3 is 0 Å². The van der Waals surface area contributed by atoms with E-state index in [1.165, 1.54) is 6.26 Å². The molecule has 1 atom stereocenters. The van der Waals surface area contributed by atoms with Crippen molar-refractivity contribution in [3.05, 3.63) is 75.9 Å². The fourth-order valence-electron chi connectivity index (χ4n) is 4.50.